The average molecular weight is 231 g/mol. The van der Waals surface area contributed by atoms with Gasteiger partial charge in [-0.3, -0.25) is 0 Å². The molecule has 1 N–H and O–H groups in total. The van der Waals surface area contributed by atoms with Crippen LogP contribution >= 0.6 is 0 Å². The minimum absolute atomic E-state index is 0.00500. The molecule has 2 rings (SSSR count). The molecule has 0 bridgehead atoms. The fourth-order valence-electron chi connectivity index (χ4n) is 1.27. The number of carboxylic acid groups (broad SMARTS) is 1. The largest absolute Gasteiger partial charge is 0.478 e. The molecule has 16 heavy (non-hydrogen) atoms. The number of halogens is 3. The van der Waals surface area contributed by atoms with Gasteiger partial charge in [0, 0.05) is 6.07 Å². The number of fused-ring (bicyclic) bond motifs is 1. The third-order valence-electron chi connectivity index (χ3n) is 1.94. The molecule has 0 fully saturated rings. The number of hydrogen-bond acceptors (Lipinski definition) is 3. The highest BCUT2D eigenvalue weighted by Gasteiger charge is 2.38. The van der Waals surface area contributed by atoms with Crippen LogP contribution in [0.4, 0.5) is 13.2 Å². The number of rotatable bonds is 1. The van der Waals surface area contributed by atoms with Gasteiger partial charge in [-0.1, -0.05) is 0 Å². The lowest BCUT2D eigenvalue weighted by Gasteiger charge is -2.08. The second-order valence-corrected chi connectivity index (χ2v) is 2.99. The van der Waals surface area contributed by atoms with Gasteiger partial charge in [0.15, 0.2) is 11.3 Å². The molecular formula is C9H4F3NO3. The van der Waals surface area contributed by atoms with Crippen molar-refractivity contribution < 1.29 is 27.5 Å². The van der Waals surface area contributed by atoms with Crippen LogP contribution in [0.2, 0.25) is 0 Å². The molecule has 0 saturated carbocycles. The van der Waals surface area contributed by atoms with Crippen molar-refractivity contribution in [3.63, 3.8) is 0 Å². The van der Waals surface area contributed by atoms with Crippen molar-refractivity contribution in [2.45, 2.75) is 6.18 Å². The second-order valence-electron chi connectivity index (χ2n) is 2.99. The summed E-state index contributed by atoms with van der Waals surface area (Å²) < 4.78 is 42.2. The zero-order chi connectivity index (χ0) is 11.9. The van der Waals surface area contributed by atoms with E-state index in [1.54, 1.807) is 0 Å². The van der Waals surface area contributed by atoms with E-state index in [4.69, 9.17) is 9.52 Å². The molecule has 0 spiro atoms. The molecule has 0 radical (unpaired) electrons. The van der Waals surface area contributed by atoms with E-state index in [2.05, 4.69) is 4.98 Å². The van der Waals surface area contributed by atoms with Gasteiger partial charge < -0.3 is 9.52 Å². The van der Waals surface area contributed by atoms with Crippen LogP contribution in [-0.2, 0) is 6.18 Å². The van der Waals surface area contributed by atoms with Crippen molar-refractivity contribution in [2.75, 3.05) is 0 Å². The van der Waals surface area contributed by atoms with Crippen LogP contribution in [0, 0.1) is 0 Å². The lowest BCUT2D eigenvalue weighted by atomic mass is 10.1. The smallest absolute Gasteiger partial charge is 0.434 e. The number of carboxylic acids is 1. The molecule has 0 aliphatic heterocycles. The Kier molecular flexibility index (Phi) is 2.11. The van der Waals surface area contributed by atoms with Crippen molar-refractivity contribution in [3.05, 3.63) is 29.7 Å². The molecule has 2 aromatic heterocycles. The van der Waals surface area contributed by atoms with E-state index in [-0.39, 0.29) is 11.1 Å². The Bertz CT molecular complexity index is 559. The van der Waals surface area contributed by atoms with Gasteiger partial charge in [-0.05, 0) is 6.07 Å². The molecule has 0 saturated heterocycles. The summed E-state index contributed by atoms with van der Waals surface area (Å²) in [6.45, 7) is 0. The Hall–Kier alpha value is -2.05. The van der Waals surface area contributed by atoms with Gasteiger partial charge in [0.05, 0.1) is 11.8 Å². The fourth-order valence-corrected chi connectivity index (χ4v) is 1.27. The van der Waals surface area contributed by atoms with Gasteiger partial charge in [-0.15, -0.1) is 0 Å². The topological polar surface area (TPSA) is 63.3 Å². The third kappa shape index (κ3) is 1.60. The number of carbonyl (C=O) groups is 1. The number of aromatic nitrogens is 1. The van der Waals surface area contributed by atoms with Gasteiger partial charge >= 0.3 is 12.1 Å². The summed E-state index contributed by atoms with van der Waals surface area (Å²) in [5, 5.41) is 8.64. The minimum Gasteiger partial charge on any atom is -0.478 e. The van der Waals surface area contributed by atoms with Gasteiger partial charge in [0.1, 0.15) is 5.52 Å². The molecule has 0 atom stereocenters. The molecule has 0 aliphatic carbocycles. The fraction of sp³-hybridized carbons (Fsp3) is 0.111. The molecule has 84 valence electrons. The Morgan fingerprint density at radius 1 is 1.44 bits per heavy atom. The number of pyridine rings is 1. The van der Waals surface area contributed by atoms with Crippen LogP contribution in [0.5, 0.6) is 0 Å². The summed E-state index contributed by atoms with van der Waals surface area (Å²) in [5.74, 6) is -1.70. The van der Waals surface area contributed by atoms with Crippen LogP contribution in [0.25, 0.3) is 11.1 Å². The Balaban J connectivity index is 2.77. The molecule has 0 aliphatic rings. The van der Waals surface area contributed by atoms with Crippen molar-refractivity contribution in [1.82, 2.24) is 4.98 Å². The Morgan fingerprint density at radius 2 is 2.12 bits per heavy atom. The maximum absolute atomic E-state index is 12.5. The zero-order valence-electron chi connectivity index (χ0n) is 7.58. The molecular weight excluding hydrogens is 227 g/mol. The monoisotopic (exact) mass is 231 g/mol. The van der Waals surface area contributed by atoms with E-state index < -0.39 is 23.4 Å². The summed E-state index contributed by atoms with van der Waals surface area (Å²) in [6.07, 6.45) is -3.66. The van der Waals surface area contributed by atoms with Gasteiger partial charge in [-0.25, -0.2) is 9.78 Å². The van der Waals surface area contributed by atoms with Crippen molar-refractivity contribution >= 4 is 17.1 Å². The first-order chi connectivity index (χ1) is 7.39. The standard InChI is InChI=1S/C9H4F3NO3/c10-9(11,12)7-4(8(14)15)3-6-5(13-7)1-2-16-6/h1-3H,(H,14,15). The lowest BCUT2D eigenvalue weighted by molar-refractivity contribution is -0.141. The van der Waals surface area contributed by atoms with Crippen LogP contribution in [0.1, 0.15) is 16.1 Å². The molecule has 2 heterocycles. The van der Waals surface area contributed by atoms with Crippen LogP contribution in [0.15, 0.2) is 22.8 Å². The molecule has 2 aromatic rings. The maximum atomic E-state index is 12.5. The van der Waals surface area contributed by atoms with Crippen molar-refractivity contribution in [1.29, 1.82) is 0 Å². The summed E-state index contributed by atoms with van der Waals surface area (Å²) >= 11 is 0. The van der Waals surface area contributed by atoms with Crippen LogP contribution in [0.3, 0.4) is 0 Å². The predicted molar refractivity (Wildman–Crippen MR) is 46.0 cm³/mol. The van der Waals surface area contributed by atoms with E-state index in [9.17, 15) is 18.0 Å². The molecule has 0 unspecified atom stereocenters. The summed E-state index contributed by atoms with van der Waals surface area (Å²) in [4.78, 5) is 13.9. The average Bonchev–Trinajstić information content (AvgIpc) is 2.60. The number of nitrogens with zero attached hydrogens (tertiary/aromatic N) is 1. The Morgan fingerprint density at radius 3 is 2.69 bits per heavy atom. The SMILES string of the molecule is O=C(O)c1cc2occc2nc1C(F)(F)F. The second kappa shape index (κ2) is 3.22. The summed E-state index contributed by atoms with van der Waals surface area (Å²) in [7, 11) is 0. The van der Waals surface area contributed by atoms with Gasteiger partial charge in [0.25, 0.3) is 0 Å². The van der Waals surface area contributed by atoms with E-state index in [1.165, 1.54) is 6.07 Å². The first-order valence-electron chi connectivity index (χ1n) is 4.08. The summed E-state index contributed by atoms with van der Waals surface area (Å²) in [6, 6.07) is 2.05. The Labute approximate surface area is 86.3 Å². The van der Waals surface area contributed by atoms with Gasteiger partial charge in [0.2, 0.25) is 0 Å². The molecule has 7 heteroatoms. The van der Waals surface area contributed by atoms with E-state index in [1.807, 2.05) is 0 Å². The normalized spacial score (nSPS) is 11.9. The van der Waals surface area contributed by atoms with Gasteiger partial charge in [-0.2, -0.15) is 13.2 Å². The number of aromatic carboxylic acids is 1. The quantitative estimate of drug-likeness (QED) is 0.819. The first kappa shape index (κ1) is 10.5. The maximum Gasteiger partial charge on any atom is 0.434 e. The lowest BCUT2D eigenvalue weighted by Crippen LogP contribution is -2.15. The molecule has 4 nitrogen and oxygen atoms in total. The van der Waals surface area contributed by atoms with Crippen molar-refractivity contribution in [3.8, 4) is 0 Å². The zero-order valence-corrected chi connectivity index (χ0v) is 7.58. The van der Waals surface area contributed by atoms with E-state index >= 15 is 0 Å². The predicted octanol–water partition coefficient (Wildman–Crippen LogP) is 2.54. The van der Waals surface area contributed by atoms with Crippen LogP contribution < -0.4 is 0 Å². The van der Waals surface area contributed by atoms with Crippen molar-refractivity contribution in [2.24, 2.45) is 0 Å². The highest BCUT2D eigenvalue weighted by Crippen LogP contribution is 2.32. The van der Waals surface area contributed by atoms with E-state index in [0.717, 1.165) is 12.3 Å². The number of hydrogen-bond donors (Lipinski definition) is 1. The number of furan rings is 1. The number of alkyl halides is 3. The highest BCUT2D eigenvalue weighted by molar-refractivity contribution is 5.92. The van der Waals surface area contributed by atoms with Crippen LogP contribution in [-0.4, -0.2) is 16.1 Å². The van der Waals surface area contributed by atoms with E-state index in [0.29, 0.717) is 0 Å². The highest BCUT2D eigenvalue weighted by atomic mass is 19.4. The third-order valence-corrected chi connectivity index (χ3v) is 1.94. The molecule has 0 aromatic carbocycles. The first-order valence-corrected chi connectivity index (χ1v) is 4.08. The minimum atomic E-state index is -4.81. The molecule has 0 amide bonds. The summed E-state index contributed by atoms with van der Waals surface area (Å²) in [5.41, 5.74) is -2.37.